The molecule has 0 bridgehead atoms. The SMILES string of the molecule is CC(=O)Nc1ccc(F)c(-c2c(C)n(C3CC3)c(=O)c3c(Nc4ccc(I)cc4F)c(C)c(=O)oc23)c1. The van der Waals surface area contributed by atoms with Crippen LogP contribution in [0.25, 0.3) is 22.1 Å². The van der Waals surface area contributed by atoms with Gasteiger partial charge in [0, 0.05) is 39.0 Å². The minimum absolute atomic E-state index is 0.0203. The van der Waals surface area contributed by atoms with Crippen LogP contribution in [0.3, 0.4) is 0 Å². The van der Waals surface area contributed by atoms with Crippen molar-refractivity contribution < 1.29 is 18.0 Å². The van der Waals surface area contributed by atoms with E-state index in [1.165, 1.54) is 44.2 Å². The Hall–Kier alpha value is -3.54. The molecule has 1 aliphatic rings. The van der Waals surface area contributed by atoms with Crippen LogP contribution >= 0.6 is 22.6 Å². The molecule has 0 atom stereocenters. The average Bonchev–Trinajstić information content (AvgIpc) is 3.65. The zero-order valence-electron chi connectivity index (χ0n) is 20.2. The van der Waals surface area contributed by atoms with Crippen molar-refractivity contribution in [2.45, 2.75) is 39.7 Å². The van der Waals surface area contributed by atoms with E-state index in [4.69, 9.17) is 4.42 Å². The first-order valence-electron chi connectivity index (χ1n) is 11.6. The van der Waals surface area contributed by atoms with E-state index < -0.39 is 22.8 Å². The van der Waals surface area contributed by atoms with Crippen molar-refractivity contribution >= 4 is 56.5 Å². The molecule has 2 heterocycles. The van der Waals surface area contributed by atoms with E-state index in [1.54, 1.807) is 17.6 Å². The van der Waals surface area contributed by atoms with Crippen LogP contribution in [-0.2, 0) is 4.79 Å². The van der Waals surface area contributed by atoms with Gasteiger partial charge in [-0.1, -0.05) is 0 Å². The van der Waals surface area contributed by atoms with Gasteiger partial charge < -0.3 is 19.6 Å². The number of fused-ring (bicyclic) bond motifs is 1. The number of carbonyl (C=O) groups is 1. The van der Waals surface area contributed by atoms with Crippen LogP contribution in [0, 0.1) is 29.1 Å². The van der Waals surface area contributed by atoms with Crippen molar-refractivity contribution in [3.05, 3.63) is 83.6 Å². The molecule has 1 aliphatic carbocycles. The van der Waals surface area contributed by atoms with Crippen LogP contribution in [0.4, 0.5) is 25.8 Å². The largest absolute Gasteiger partial charge is 0.421 e. The lowest BCUT2D eigenvalue weighted by molar-refractivity contribution is -0.114. The summed E-state index contributed by atoms with van der Waals surface area (Å²) in [7, 11) is 0. The van der Waals surface area contributed by atoms with Gasteiger partial charge in [0.15, 0.2) is 5.58 Å². The maximum atomic E-state index is 15.3. The van der Waals surface area contributed by atoms with Crippen molar-refractivity contribution in [3.63, 3.8) is 0 Å². The Bertz CT molecular complexity index is 1720. The molecule has 7 nitrogen and oxygen atoms in total. The minimum Gasteiger partial charge on any atom is -0.421 e. The van der Waals surface area contributed by atoms with E-state index >= 15 is 4.39 Å². The fourth-order valence-electron chi connectivity index (χ4n) is 4.53. The van der Waals surface area contributed by atoms with Crippen molar-refractivity contribution in [2.24, 2.45) is 0 Å². The lowest BCUT2D eigenvalue weighted by Crippen LogP contribution is -2.25. The van der Waals surface area contributed by atoms with E-state index in [0.717, 1.165) is 12.8 Å². The van der Waals surface area contributed by atoms with Gasteiger partial charge in [-0.3, -0.25) is 9.59 Å². The zero-order chi connectivity index (χ0) is 26.6. The van der Waals surface area contributed by atoms with Crippen LogP contribution in [0.5, 0.6) is 0 Å². The first-order valence-corrected chi connectivity index (χ1v) is 12.7. The molecule has 0 unspecified atom stereocenters. The molecule has 2 N–H and O–H groups in total. The Labute approximate surface area is 223 Å². The Morgan fingerprint density at radius 1 is 1.08 bits per heavy atom. The van der Waals surface area contributed by atoms with Crippen LogP contribution in [0.2, 0.25) is 0 Å². The summed E-state index contributed by atoms with van der Waals surface area (Å²) in [6.07, 6.45) is 1.54. The summed E-state index contributed by atoms with van der Waals surface area (Å²) in [5.74, 6) is -1.52. The first-order chi connectivity index (χ1) is 17.6. The highest BCUT2D eigenvalue weighted by atomic mass is 127. The van der Waals surface area contributed by atoms with Gasteiger partial charge in [-0.2, -0.15) is 0 Å². The second-order valence-corrected chi connectivity index (χ2v) is 10.3. The highest BCUT2D eigenvalue weighted by Gasteiger charge is 2.32. The number of halogens is 3. The molecule has 0 spiro atoms. The molecule has 2 aromatic carbocycles. The number of anilines is 3. The number of amides is 1. The van der Waals surface area contributed by atoms with Gasteiger partial charge in [0.2, 0.25) is 5.91 Å². The van der Waals surface area contributed by atoms with E-state index in [1.807, 2.05) is 22.6 Å². The summed E-state index contributed by atoms with van der Waals surface area (Å²) in [6.45, 7) is 4.49. The minimum atomic E-state index is -0.747. The van der Waals surface area contributed by atoms with Crippen LogP contribution in [-0.4, -0.2) is 10.5 Å². The number of pyridine rings is 1. The molecule has 0 aliphatic heterocycles. The predicted molar refractivity (Wildman–Crippen MR) is 147 cm³/mol. The molecule has 190 valence electrons. The van der Waals surface area contributed by atoms with Crippen molar-refractivity contribution in [3.8, 4) is 11.1 Å². The standard InChI is InChI=1S/C27H22F2IN3O4/c1-12-24(32-21-9-4-15(30)10-20(21)29)23-25(37-27(12)36)22(13(2)33(26(23)35)17-6-7-17)18-11-16(31-14(3)34)5-8-19(18)28/h4-5,8-11,17,32H,6-7H2,1-3H3,(H,31,34). The third-order valence-electron chi connectivity index (χ3n) is 6.39. The molecule has 0 radical (unpaired) electrons. The molecule has 1 fully saturated rings. The van der Waals surface area contributed by atoms with Crippen LogP contribution in [0.1, 0.15) is 37.1 Å². The zero-order valence-corrected chi connectivity index (χ0v) is 22.3. The molecule has 4 aromatic rings. The van der Waals surface area contributed by atoms with Gasteiger partial charge in [-0.05, 0) is 85.7 Å². The maximum Gasteiger partial charge on any atom is 0.341 e. The fourth-order valence-corrected chi connectivity index (χ4v) is 4.98. The van der Waals surface area contributed by atoms with Gasteiger partial charge in [-0.25, -0.2) is 13.6 Å². The molecule has 1 amide bonds. The van der Waals surface area contributed by atoms with Crippen molar-refractivity contribution in [1.29, 1.82) is 0 Å². The molecule has 0 saturated heterocycles. The molecule has 2 aromatic heterocycles. The highest BCUT2D eigenvalue weighted by molar-refractivity contribution is 14.1. The third kappa shape index (κ3) is 4.54. The monoisotopic (exact) mass is 617 g/mol. The second-order valence-electron chi connectivity index (χ2n) is 9.09. The third-order valence-corrected chi connectivity index (χ3v) is 7.07. The number of aromatic nitrogens is 1. The van der Waals surface area contributed by atoms with E-state index in [2.05, 4.69) is 10.6 Å². The topological polar surface area (TPSA) is 93.3 Å². The van der Waals surface area contributed by atoms with Crippen LogP contribution in [0.15, 0.2) is 50.4 Å². The van der Waals surface area contributed by atoms with Crippen molar-refractivity contribution in [2.75, 3.05) is 10.6 Å². The van der Waals surface area contributed by atoms with Crippen LogP contribution < -0.4 is 21.8 Å². The molecule has 10 heteroatoms. The summed E-state index contributed by atoms with van der Waals surface area (Å²) in [5, 5.41) is 5.57. The number of carbonyl (C=O) groups excluding carboxylic acids is 1. The molecule has 37 heavy (non-hydrogen) atoms. The number of hydrogen-bond acceptors (Lipinski definition) is 5. The summed E-state index contributed by atoms with van der Waals surface area (Å²) >= 11 is 1.98. The summed E-state index contributed by atoms with van der Waals surface area (Å²) in [5.41, 5.74) is 0.0392. The number of benzene rings is 2. The normalized spacial score (nSPS) is 13.1. The first kappa shape index (κ1) is 25.1. The Morgan fingerprint density at radius 3 is 2.46 bits per heavy atom. The van der Waals surface area contributed by atoms with Gasteiger partial charge in [0.25, 0.3) is 5.56 Å². The number of hydrogen-bond donors (Lipinski definition) is 2. The van der Waals surface area contributed by atoms with E-state index in [0.29, 0.717) is 15.0 Å². The smallest absolute Gasteiger partial charge is 0.341 e. The Balaban J connectivity index is 1.88. The molecule has 1 saturated carbocycles. The molecular weight excluding hydrogens is 595 g/mol. The number of nitrogens with zero attached hydrogens (tertiary/aromatic N) is 1. The molecule has 5 rings (SSSR count). The van der Waals surface area contributed by atoms with Gasteiger partial charge in [0.1, 0.15) is 17.0 Å². The van der Waals surface area contributed by atoms with Gasteiger partial charge in [-0.15, -0.1) is 0 Å². The fraction of sp³-hybridized carbons (Fsp3) is 0.222. The van der Waals surface area contributed by atoms with Crippen molar-refractivity contribution in [1.82, 2.24) is 4.57 Å². The highest BCUT2D eigenvalue weighted by Crippen LogP contribution is 2.41. The lowest BCUT2D eigenvalue weighted by Gasteiger charge is -2.20. The number of rotatable bonds is 5. The number of nitrogens with one attached hydrogen (secondary N) is 2. The van der Waals surface area contributed by atoms with E-state index in [9.17, 15) is 18.8 Å². The summed E-state index contributed by atoms with van der Waals surface area (Å²) in [4.78, 5) is 38.4. The summed E-state index contributed by atoms with van der Waals surface area (Å²) in [6, 6.07) is 8.50. The quantitative estimate of drug-likeness (QED) is 0.262. The van der Waals surface area contributed by atoms with Gasteiger partial charge >= 0.3 is 5.63 Å². The Morgan fingerprint density at radius 2 is 1.81 bits per heavy atom. The average molecular weight is 617 g/mol. The Kier molecular flexibility index (Phi) is 6.38. The lowest BCUT2D eigenvalue weighted by atomic mass is 9.98. The predicted octanol–water partition coefficient (Wildman–Crippen LogP) is 6.16. The van der Waals surface area contributed by atoms with Gasteiger partial charge in [0.05, 0.1) is 16.9 Å². The van der Waals surface area contributed by atoms with E-state index in [-0.39, 0.29) is 51.0 Å². The maximum absolute atomic E-state index is 15.3. The molecular formula is C27H22F2IN3O4. The summed E-state index contributed by atoms with van der Waals surface area (Å²) < 4.78 is 37.9. The second kappa shape index (κ2) is 9.40.